The van der Waals surface area contributed by atoms with Crippen molar-refractivity contribution < 1.29 is 22.3 Å². The van der Waals surface area contributed by atoms with Gasteiger partial charge < -0.3 is 4.74 Å². The SMILES string of the molecule is CCCCCc1ccc(C2=CCc3cc(OC(F)(F)F)ccc3C2)c(F)c1. The van der Waals surface area contributed by atoms with Gasteiger partial charge >= 0.3 is 6.36 Å². The van der Waals surface area contributed by atoms with Crippen LogP contribution >= 0.6 is 0 Å². The second kappa shape index (κ2) is 8.15. The third-order valence-corrected chi connectivity index (χ3v) is 4.81. The predicted molar refractivity (Wildman–Crippen MR) is 98.1 cm³/mol. The lowest BCUT2D eigenvalue weighted by Gasteiger charge is -2.19. The monoisotopic (exact) mass is 378 g/mol. The third kappa shape index (κ3) is 5.12. The zero-order valence-electron chi connectivity index (χ0n) is 15.2. The molecule has 0 fully saturated rings. The van der Waals surface area contributed by atoms with Crippen molar-refractivity contribution in [2.24, 2.45) is 0 Å². The van der Waals surface area contributed by atoms with Crippen LogP contribution in [0, 0.1) is 5.82 Å². The van der Waals surface area contributed by atoms with Crippen molar-refractivity contribution in [2.75, 3.05) is 0 Å². The smallest absolute Gasteiger partial charge is 0.406 e. The summed E-state index contributed by atoms with van der Waals surface area (Å²) in [6.45, 7) is 2.13. The number of fused-ring (bicyclic) bond motifs is 1. The molecule has 0 saturated heterocycles. The van der Waals surface area contributed by atoms with Crippen LogP contribution in [0.4, 0.5) is 17.6 Å². The minimum absolute atomic E-state index is 0.222. The first kappa shape index (κ1) is 19.5. The highest BCUT2D eigenvalue weighted by molar-refractivity contribution is 5.71. The molecule has 0 aromatic heterocycles. The first-order valence-corrected chi connectivity index (χ1v) is 9.21. The van der Waals surface area contributed by atoms with Gasteiger partial charge in [-0.05, 0) is 66.1 Å². The lowest BCUT2D eigenvalue weighted by atomic mass is 9.87. The highest BCUT2D eigenvalue weighted by atomic mass is 19.4. The number of benzene rings is 2. The maximum Gasteiger partial charge on any atom is 0.573 e. The first-order valence-electron chi connectivity index (χ1n) is 9.21. The number of halogens is 4. The molecule has 0 radical (unpaired) electrons. The van der Waals surface area contributed by atoms with E-state index in [1.165, 1.54) is 12.1 Å². The van der Waals surface area contributed by atoms with Gasteiger partial charge in [0.15, 0.2) is 0 Å². The van der Waals surface area contributed by atoms with Gasteiger partial charge in [0.1, 0.15) is 11.6 Å². The van der Waals surface area contributed by atoms with E-state index in [9.17, 15) is 17.6 Å². The van der Waals surface area contributed by atoms with E-state index in [2.05, 4.69) is 11.7 Å². The first-order chi connectivity index (χ1) is 12.9. The molecule has 0 N–H and O–H groups in total. The van der Waals surface area contributed by atoms with Gasteiger partial charge in [0.05, 0.1) is 0 Å². The summed E-state index contributed by atoms with van der Waals surface area (Å²) in [7, 11) is 0. The van der Waals surface area contributed by atoms with E-state index in [0.717, 1.165) is 47.9 Å². The molecule has 1 aliphatic carbocycles. The molecule has 5 heteroatoms. The summed E-state index contributed by atoms with van der Waals surface area (Å²) in [5.41, 5.74) is 4.10. The summed E-state index contributed by atoms with van der Waals surface area (Å²) in [6.07, 6.45) is 2.31. The zero-order valence-corrected chi connectivity index (χ0v) is 15.2. The van der Waals surface area contributed by atoms with E-state index in [-0.39, 0.29) is 11.6 Å². The number of aryl methyl sites for hydroxylation is 1. The van der Waals surface area contributed by atoms with Crippen molar-refractivity contribution in [3.63, 3.8) is 0 Å². The molecule has 1 nitrogen and oxygen atoms in total. The molecule has 2 aromatic rings. The van der Waals surface area contributed by atoms with E-state index in [1.54, 1.807) is 12.1 Å². The van der Waals surface area contributed by atoms with Crippen LogP contribution in [0.1, 0.15) is 48.4 Å². The molecule has 27 heavy (non-hydrogen) atoms. The number of unbranched alkanes of at least 4 members (excludes halogenated alkanes) is 2. The largest absolute Gasteiger partial charge is 0.573 e. The molecule has 0 bridgehead atoms. The Bertz CT molecular complexity index is 837. The molecule has 0 aliphatic heterocycles. The van der Waals surface area contributed by atoms with Gasteiger partial charge in [0.25, 0.3) is 0 Å². The zero-order chi connectivity index (χ0) is 19.4. The molecule has 3 rings (SSSR count). The van der Waals surface area contributed by atoms with Gasteiger partial charge in [0.2, 0.25) is 0 Å². The fraction of sp³-hybridized carbons (Fsp3) is 0.364. The molecule has 144 valence electrons. The molecule has 0 atom stereocenters. The predicted octanol–water partition coefficient (Wildman–Crippen LogP) is 6.64. The topological polar surface area (TPSA) is 9.23 Å². The minimum Gasteiger partial charge on any atom is -0.406 e. The van der Waals surface area contributed by atoms with Crippen molar-refractivity contribution in [1.82, 2.24) is 0 Å². The van der Waals surface area contributed by atoms with E-state index < -0.39 is 6.36 Å². The molecule has 0 heterocycles. The molecule has 0 saturated carbocycles. The highest BCUT2D eigenvalue weighted by Crippen LogP contribution is 2.33. The number of allylic oxidation sites excluding steroid dienone is 2. The molecular formula is C22H22F4O. The Morgan fingerprint density at radius 2 is 1.81 bits per heavy atom. The standard InChI is InChI=1S/C22H22F4O/c1-2-3-4-5-15-6-11-20(21(23)12-15)18-8-7-17-14-19(27-22(24,25)26)10-9-16(17)13-18/h6,8-12,14H,2-5,7,13H2,1H3. The van der Waals surface area contributed by atoms with Gasteiger partial charge in [-0.2, -0.15) is 0 Å². The summed E-state index contributed by atoms with van der Waals surface area (Å²) in [5.74, 6) is -0.462. The Labute approximate surface area is 156 Å². The summed E-state index contributed by atoms with van der Waals surface area (Å²) in [4.78, 5) is 0. The van der Waals surface area contributed by atoms with Gasteiger partial charge in [-0.25, -0.2) is 4.39 Å². The molecule has 0 amide bonds. The lowest BCUT2D eigenvalue weighted by Crippen LogP contribution is -2.17. The van der Waals surface area contributed by atoms with E-state index in [1.807, 2.05) is 18.2 Å². The highest BCUT2D eigenvalue weighted by Gasteiger charge is 2.31. The van der Waals surface area contributed by atoms with Gasteiger partial charge in [0, 0.05) is 5.56 Å². The number of hydrogen-bond donors (Lipinski definition) is 0. The number of hydrogen-bond acceptors (Lipinski definition) is 1. The number of alkyl halides is 3. The summed E-state index contributed by atoms with van der Waals surface area (Å²) in [6, 6.07) is 9.72. The van der Waals surface area contributed by atoms with Crippen LogP contribution in [0.3, 0.4) is 0 Å². The summed E-state index contributed by atoms with van der Waals surface area (Å²) >= 11 is 0. The van der Waals surface area contributed by atoms with Crippen LogP contribution in [0.15, 0.2) is 42.5 Å². The molecule has 2 aromatic carbocycles. The Balaban J connectivity index is 1.74. The molecular weight excluding hydrogens is 356 g/mol. The third-order valence-electron chi connectivity index (χ3n) is 4.81. The fourth-order valence-corrected chi connectivity index (χ4v) is 3.43. The van der Waals surface area contributed by atoms with Crippen LogP contribution < -0.4 is 4.74 Å². The summed E-state index contributed by atoms with van der Waals surface area (Å²) in [5, 5.41) is 0. The number of ether oxygens (including phenoxy) is 1. The van der Waals surface area contributed by atoms with E-state index >= 15 is 0 Å². The quantitative estimate of drug-likeness (QED) is 0.404. The van der Waals surface area contributed by atoms with Crippen LogP contribution in [0.25, 0.3) is 5.57 Å². The maximum absolute atomic E-state index is 14.6. The van der Waals surface area contributed by atoms with Crippen molar-refractivity contribution in [2.45, 2.75) is 51.8 Å². The van der Waals surface area contributed by atoms with Crippen LogP contribution in [0.2, 0.25) is 0 Å². The van der Waals surface area contributed by atoms with Crippen LogP contribution in [0.5, 0.6) is 5.75 Å². The molecule has 1 aliphatic rings. The van der Waals surface area contributed by atoms with Crippen LogP contribution in [-0.2, 0) is 19.3 Å². The Hall–Kier alpha value is -2.30. The van der Waals surface area contributed by atoms with Gasteiger partial charge in [-0.3, -0.25) is 0 Å². The fourth-order valence-electron chi connectivity index (χ4n) is 3.43. The summed E-state index contributed by atoms with van der Waals surface area (Å²) < 4.78 is 55.6. The van der Waals surface area contributed by atoms with Gasteiger partial charge in [-0.1, -0.05) is 44.0 Å². The average Bonchev–Trinajstić information content (AvgIpc) is 2.60. The second-order valence-corrected chi connectivity index (χ2v) is 6.86. The van der Waals surface area contributed by atoms with Crippen LogP contribution in [-0.4, -0.2) is 6.36 Å². The normalized spacial score (nSPS) is 13.9. The van der Waals surface area contributed by atoms with E-state index in [0.29, 0.717) is 18.4 Å². The van der Waals surface area contributed by atoms with Crippen molar-refractivity contribution in [3.8, 4) is 5.75 Å². The van der Waals surface area contributed by atoms with E-state index in [4.69, 9.17) is 0 Å². The van der Waals surface area contributed by atoms with Gasteiger partial charge in [-0.15, -0.1) is 13.2 Å². The molecule has 0 unspecified atom stereocenters. The minimum atomic E-state index is -4.70. The number of rotatable bonds is 6. The Morgan fingerprint density at radius 3 is 2.52 bits per heavy atom. The lowest BCUT2D eigenvalue weighted by molar-refractivity contribution is -0.274. The second-order valence-electron chi connectivity index (χ2n) is 6.86. The maximum atomic E-state index is 14.6. The Morgan fingerprint density at radius 1 is 1.00 bits per heavy atom. The Kier molecular flexibility index (Phi) is 5.88. The molecule has 0 spiro atoms. The van der Waals surface area contributed by atoms with Crippen molar-refractivity contribution in [3.05, 3.63) is 70.5 Å². The van der Waals surface area contributed by atoms with Crippen molar-refractivity contribution in [1.29, 1.82) is 0 Å². The van der Waals surface area contributed by atoms with Crippen molar-refractivity contribution >= 4 is 5.57 Å². The average molecular weight is 378 g/mol.